The molecule has 2 aromatic carbocycles. The highest BCUT2D eigenvalue weighted by Crippen LogP contribution is 2.14. The van der Waals surface area contributed by atoms with Gasteiger partial charge >= 0.3 is 5.97 Å². The maximum absolute atomic E-state index is 12.0. The van der Waals surface area contributed by atoms with E-state index in [4.69, 9.17) is 21.1 Å². The lowest BCUT2D eigenvalue weighted by Gasteiger charge is -2.14. The molecule has 0 aliphatic carbocycles. The molecule has 0 saturated heterocycles. The van der Waals surface area contributed by atoms with E-state index in [-0.39, 0.29) is 6.61 Å². The summed E-state index contributed by atoms with van der Waals surface area (Å²) < 4.78 is 10.3. The fourth-order valence-electron chi connectivity index (χ4n) is 1.85. The molecule has 6 nitrogen and oxygen atoms in total. The molecule has 0 unspecified atom stereocenters. The minimum atomic E-state index is -0.982. The number of ether oxygens (including phenoxy) is 2. The third-order valence-corrected chi connectivity index (χ3v) is 3.41. The van der Waals surface area contributed by atoms with Crippen molar-refractivity contribution in [2.24, 2.45) is 0 Å². The molecule has 7 heteroatoms. The number of esters is 1. The van der Waals surface area contributed by atoms with Gasteiger partial charge in [0.05, 0.1) is 0 Å². The van der Waals surface area contributed by atoms with Gasteiger partial charge in [-0.25, -0.2) is 4.79 Å². The first-order valence-electron chi connectivity index (χ1n) is 7.42. The van der Waals surface area contributed by atoms with Gasteiger partial charge in [-0.1, -0.05) is 11.6 Å². The zero-order valence-electron chi connectivity index (χ0n) is 13.4. The number of rotatable bonds is 7. The monoisotopic (exact) mass is 361 g/mol. The lowest BCUT2D eigenvalue weighted by atomic mass is 10.2. The first-order valence-corrected chi connectivity index (χ1v) is 7.79. The largest absolute Gasteiger partial charge is 0.482 e. The highest BCUT2D eigenvalue weighted by molar-refractivity contribution is 6.30. The van der Waals surface area contributed by atoms with E-state index < -0.39 is 18.0 Å². The number of amides is 1. The van der Waals surface area contributed by atoms with Crippen LogP contribution in [-0.2, 0) is 14.3 Å². The van der Waals surface area contributed by atoms with Crippen LogP contribution >= 0.6 is 11.6 Å². The molecule has 0 saturated carbocycles. The second kappa shape index (κ2) is 8.84. The van der Waals surface area contributed by atoms with Crippen molar-refractivity contribution in [3.8, 4) is 5.75 Å². The first-order chi connectivity index (χ1) is 12.0. The molecule has 0 radical (unpaired) electrons. The number of halogens is 1. The molecule has 0 heterocycles. The van der Waals surface area contributed by atoms with Crippen LogP contribution in [-0.4, -0.2) is 30.9 Å². The van der Waals surface area contributed by atoms with E-state index >= 15 is 0 Å². The zero-order chi connectivity index (χ0) is 18.2. The van der Waals surface area contributed by atoms with Gasteiger partial charge in [-0.3, -0.25) is 9.59 Å². The summed E-state index contributed by atoms with van der Waals surface area (Å²) in [5.41, 5.74) is 1.05. The molecule has 0 aromatic heterocycles. The van der Waals surface area contributed by atoms with E-state index in [0.717, 1.165) is 0 Å². The van der Waals surface area contributed by atoms with Crippen LogP contribution in [0.15, 0.2) is 48.5 Å². The lowest BCUT2D eigenvalue weighted by molar-refractivity contribution is -0.155. The summed E-state index contributed by atoms with van der Waals surface area (Å²) >= 11 is 5.77. The highest BCUT2D eigenvalue weighted by atomic mass is 35.5. The van der Waals surface area contributed by atoms with Gasteiger partial charge in [0.2, 0.25) is 0 Å². The molecule has 0 bridgehead atoms. The minimum absolute atomic E-state index is 0.348. The Balaban J connectivity index is 1.79. The van der Waals surface area contributed by atoms with E-state index in [9.17, 15) is 14.4 Å². The number of benzene rings is 2. The van der Waals surface area contributed by atoms with Crippen molar-refractivity contribution >= 4 is 35.5 Å². The minimum Gasteiger partial charge on any atom is -0.482 e. The van der Waals surface area contributed by atoms with E-state index in [2.05, 4.69) is 5.32 Å². The van der Waals surface area contributed by atoms with Gasteiger partial charge < -0.3 is 14.8 Å². The van der Waals surface area contributed by atoms with Crippen LogP contribution in [0.3, 0.4) is 0 Å². The van der Waals surface area contributed by atoms with Crippen molar-refractivity contribution in [3.63, 3.8) is 0 Å². The average Bonchev–Trinajstić information content (AvgIpc) is 2.62. The van der Waals surface area contributed by atoms with Crippen molar-refractivity contribution in [1.29, 1.82) is 0 Å². The van der Waals surface area contributed by atoms with Crippen molar-refractivity contribution in [2.75, 3.05) is 11.9 Å². The van der Waals surface area contributed by atoms with E-state index in [1.807, 2.05) is 0 Å². The molecule has 0 fully saturated rings. The third kappa shape index (κ3) is 5.93. The van der Waals surface area contributed by atoms with Gasteiger partial charge in [0, 0.05) is 16.3 Å². The quantitative estimate of drug-likeness (QED) is 0.605. The predicted molar refractivity (Wildman–Crippen MR) is 93.0 cm³/mol. The number of carbonyl (C=O) groups excluding carboxylic acids is 3. The van der Waals surface area contributed by atoms with Gasteiger partial charge in [-0.05, 0) is 55.5 Å². The molecule has 0 aliphatic rings. The van der Waals surface area contributed by atoms with Gasteiger partial charge in [0.1, 0.15) is 12.0 Å². The summed E-state index contributed by atoms with van der Waals surface area (Å²) in [7, 11) is 0. The first kappa shape index (κ1) is 18.5. The van der Waals surface area contributed by atoms with E-state index in [1.165, 1.54) is 6.92 Å². The fraction of sp³-hybridized carbons (Fsp3) is 0.167. The molecule has 1 atom stereocenters. The Labute approximate surface area is 149 Å². The molecule has 1 amide bonds. The number of hydrogen-bond acceptors (Lipinski definition) is 5. The molecule has 25 heavy (non-hydrogen) atoms. The molecule has 2 rings (SSSR count). The second-order valence-corrected chi connectivity index (χ2v) is 5.54. The van der Waals surface area contributed by atoms with Crippen LogP contribution in [0.4, 0.5) is 5.69 Å². The number of carbonyl (C=O) groups is 3. The summed E-state index contributed by atoms with van der Waals surface area (Å²) in [6, 6.07) is 12.8. The molecule has 0 aliphatic heterocycles. The predicted octanol–water partition coefficient (Wildman–Crippen LogP) is 3.10. The lowest BCUT2D eigenvalue weighted by Crippen LogP contribution is -2.31. The Morgan fingerprint density at radius 3 is 2.36 bits per heavy atom. The summed E-state index contributed by atoms with van der Waals surface area (Å²) in [4.78, 5) is 34.3. The van der Waals surface area contributed by atoms with E-state index in [1.54, 1.807) is 48.5 Å². The van der Waals surface area contributed by atoms with Crippen molar-refractivity contribution < 1.29 is 23.9 Å². The van der Waals surface area contributed by atoms with E-state index in [0.29, 0.717) is 28.3 Å². The number of aldehydes is 1. The van der Waals surface area contributed by atoms with Gasteiger partial charge in [0.15, 0.2) is 12.7 Å². The number of nitrogens with one attached hydrogen (secondary N) is 1. The highest BCUT2D eigenvalue weighted by Gasteiger charge is 2.18. The van der Waals surface area contributed by atoms with Crippen molar-refractivity contribution in [2.45, 2.75) is 13.0 Å². The Kier molecular flexibility index (Phi) is 6.54. The smallest absolute Gasteiger partial charge is 0.344 e. The molecular weight excluding hydrogens is 346 g/mol. The summed E-state index contributed by atoms with van der Waals surface area (Å²) in [6.45, 7) is 1.11. The topological polar surface area (TPSA) is 81.7 Å². The maximum atomic E-state index is 12.0. The van der Waals surface area contributed by atoms with Crippen LogP contribution in [0.5, 0.6) is 5.75 Å². The Morgan fingerprint density at radius 2 is 1.76 bits per heavy atom. The Hall–Kier alpha value is -2.86. The normalized spacial score (nSPS) is 11.3. The summed E-state index contributed by atoms with van der Waals surface area (Å²) in [5.74, 6) is -0.731. The third-order valence-electron chi connectivity index (χ3n) is 3.16. The van der Waals surface area contributed by atoms with Crippen molar-refractivity contribution in [1.82, 2.24) is 0 Å². The Morgan fingerprint density at radius 1 is 1.12 bits per heavy atom. The van der Waals surface area contributed by atoms with Crippen LogP contribution < -0.4 is 10.1 Å². The fourth-order valence-corrected chi connectivity index (χ4v) is 1.97. The zero-order valence-corrected chi connectivity index (χ0v) is 14.2. The van der Waals surface area contributed by atoms with Gasteiger partial charge in [-0.2, -0.15) is 0 Å². The molecule has 2 aromatic rings. The van der Waals surface area contributed by atoms with Crippen LogP contribution in [0.1, 0.15) is 17.3 Å². The molecule has 130 valence electrons. The maximum Gasteiger partial charge on any atom is 0.344 e. The van der Waals surface area contributed by atoms with Gasteiger partial charge in [-0.15, -0.1) is 0 Å². The average molecular weight is 362 g/mol. The van der Waals surface area contributed by atoms with Crippen LogP contribution in [0.2, 0.25) is 5.02 Å². The summed E-state index contributed by atoms with van der Waals surface area (Å²) in [5, 5.41) is 3.16. The number of hydrogen-bond donors (Lipinski definition) is 1. The van der Waals surface area contributed by atoms with Crippen molar-refractivity contribution in [3.05, 3.63) is 59.1 Å². The standard InChI is InChI=1S/C18H16ClNO5/c1-12(18(23)20-15-6-4-14(19)5-7-15)25-17(22)11-24-16-8-2-13(10-21)3-9-16/h2-10,12H,11H2,1H3,(H,20,23)/t12-/m0/s1. The Bertz CT molecular complexity index is 743. The van der Waals surface area contributed by atoms with Crippen LogP contribution in [0, 0.1) is 0 Å². The molecule has 0 spiro atoms. The molecule has 1 N–H and O–H groups in total. The van der Waals surface area contributed by atoms with Gasteiger partial charge in [0.25, 0.3) is 5.91 Å². The molecular formula is C18H16ClNO5. The van der Waals surface area contributed by atoms with Crippen LogP contribution in [0.25, 0.3) is 0 Å². The number of anilines is 1. The summed E-state index contributed by atoms with van der Waals surface area (Å²) in [6.07, 6.45) is -0.275. The second-order valence-electron chi connectivity index (χ2n) is 5.10. The SMILES string of the molecule is C[C@H](OC(=O)COc1ccc(C=O)cc1)C(=O)Nc1ccc(Cl)cc1.